The molecule has 1 aromatic rings. The monoisotopic (exact) mass is 243 g/mol. The summed E-state index contributed by atoms with van der Waals surface area (Å²) in [5.41, 5.74) is 0. The Morgan fingerprint density at radius 1 is 1.53 bits per heavy atom. The Labute approximate surface area is 99.0 Å². The predicted molar refractivity (Wildman–Crippen MR) is 65.6 cm³/mol. The molecule has 1 aliphatic rings. The third-order valence-electron chi connectivity index (χ3n) is 2.58. The first-order chi connectivity index (χ1) is 7.18. The number of hydrogen-bond donors (Lipinski definition) is 1. The van der Waals surface area contributed by atoms with E-state index in [9.17, 15) is 0 Å². The summed E-state index contributed by atoms with van der Waals surface area (Å²) in [7, 11) is 0. The first-order valence-electron chi connectivity index (χ1n) is 5.05. The third kappa shape index (κ3) is 2.98. The summed E-state index contributed by atoms with van der Waals surface area (Å²) in [6, 6.07) is 3.61. The van der Waals surface area contributed by atoms with Crippen LogP contribution in [0, 0.1) is 0 Å². The maximum Gasteiger partial charge on any atom is 0.151 e. The minimum Gasteiger partial charge on any atom is -0.367 e. The average molecular weight is 244 g/mol. The van der Waals surface area contributed by atoms with Crippen molar-refractivity contribution in [3.8, 4) is 0 Å². The van der Waals surface area contributed by atoms with Gasteiger partial charge in [-0.25, -0.2) is 0 Å². The second-order valence-corrected chi connectivity index (χ2v) is 6.07. The Balaban J connectivity index is 1.90. The van der Waals surface area contributed by atoms with E-state index in [-0.39, 0.29) is 0 Å². The second-order valence-electron chi connectivity index (χ2n) is 4.00. The molecule has 2 heterocycles. The maximum absolute atomic E-state index is 5.66. The summed E-state index contributed by atoms with van der Waals surface area (Å²) < 4.78 is 0.349. The molecule has 1 atom stereocenters. The molecule has 0 radical (unpaired) electrons. The van der Waals surface area contributed by atoms with Gasteiger partial charge in [0, 0.05) is 11.3 Å². The lowest BCUT2D eigenvalue weighted by Crippen LogP contribution is -2.27. The van der Waals surface area contributed by atoms with E-state index in [1.54, 1.807) is 6.07 Å². The Morgan fingerprint density at radius 3 is 3.00 bits per heavy atom. The van der Waals surface area contributed by atoms with Gasteiger partial charge in [0.05, 0.1) is 0 Å². The van der Waals surface area contributed by atoms with E-state index in [0.29, 0.717) is 9.90 Å². The van der Waals surface area contributed by atoms with Crippen molar-refractivity contribution < 1.29 is 0 Å². The minimum absolute atomic E-state index is 0.349. The van der Waals surface area contributed by atoms with Crippen LogP contribution < -0.4 is 5.32 Å². The summed E-state index contributed by atoms with van der Waals surface area (Å²) in [4.78, 5) is 0. The van der Waals surface area contributed by atoms with Crippen molar-refractivity contribution in [1.82, 2.24) is 10.2 Å². The van der Waals surface area contributed by atoms with E-state index in [2.05, 4.69) is 22.4 Å². The Bertz CT molecular complexity index is 322. The van der Waals surface area contributed by atoms with Crippen molar-refractivity contribution in [2.75, 3.05) is 17.6 Å². The number of aromatic nitrogens is 2. The van der Waals surface area contributed by atoms with Crippen molar-refractivity contribution in [3.63, 3.8) is 0 Å². The highest BCUT2D eigenvalue weighted by molar-refractivity contribution is 8.00. The lowest BCUT2D eigenvalue weighted by molar-refractivity contribution is 0.633. The molecule has 0 bridgehead atoms. The van der Waals surface area contributed by atoms with Crippen molar-refractivity contribution in [2.45, 2.75) is 24.5 Å². The summed E-state index contributed by atoms with van der Waals surface area (Å²) >= 11 is 7.69. The molecular formula is C10H14ClN3S. The van der Waals surface area contributed by atoms with Gasteiger partial charge in [-0.15, -0.1) is 10.2 Å². The van der Waals surface area contributed by atoms with E-state index in [1.165, 1.54) is 18.6 Å². The van der Waals surface area contributed by atoms with E-state index < -0.39 is 0 Å². The number of halogens is 1. The highest BCUT2D eigenvalue weighted by atomic mass is 35.5. The van der Waals surface area contributed by atoms with Crippen LogP contribution in [-0.2, 0) is 0 Å². The fourth-order valence-electron chi connectivity index (χ4n) is 1.66. The van der Waals surface area contributed by atoms with Crippen LogP contribution in [-0.4, -0.2) is 27.2 Å². The molecule has 1 unspecified atom stereocenters. The SMILES string of the molecule is CC1(CNc2ccc(Cl)nn2)CCCS1. The topological polar surface area (TPSA) is 37.8 Å². The van der Waals surface area contributed by atoms with Gasteiger partial charge < -0.3 is 5.32 Å². The average Bonchev–Trinajstić information content (AvgIpc) is 2.65. The van der Waals surface area contributed by atoms with Gasteiger partial charge in [0.25, 0.3) is 0 Å². The van der Waals surface area contributed by atoms with Crippen LogP contribution >= 0.6 is 23.4 Å². The highest BCUT2D eigenvalue weighted by Gasteiger charge is 2.29. The van der Waals surface area contributed by atoms with Crippen LogP contribution in [0.1, 0.15) is 19.8 Å². The van der Waals surface area contributed by atoms with E-state index in [1.807, 2.05) is 17.8 Å². The van der Waals surface area contributed by atoms with E-state index >= 15 is 0 Å². The lowest BCUT2D eigenvalue weighted by Gasteiger charge is -2.22. The standard InChI is InChI=1S/C10H14ClN3S/c1-10(5-2-6-15-10)7-12-9-4-3-8(11)13-14-9/h3-4H,2,5-7H2,1H3,(H,12,14). The predicted octanol–water partition coefficient (Wildman–Crippen LogP) is 2.83. The van der Waals surface area contributed by atoms with Crippen molar-refractivity contribution in [1.29, 1.82) is 0 Å². The van der Waals surface area contributed by atoms with Gasteiger partial charge >= 0.3 is 0 Å². The lowest BCUT2D eigenvalue weighted by atomic mass is 10.1. The Kier molecular flexibility index (Phi) is 3.36. The summed E-state index contributed by atoms with van der Waals surface area (Å²) in [6.07, 6.45) is 2.58. The van der Waals surface area contributed by atoms with Gasteiger partial charge in [-0.1, -0.05) is 11.6 Å². The molecule has 82 valence electrons. The maximum atomic E-state index is 5.66. The number of nitrogens with one attached hydrogen (secondary N) is 1. The smallest absolute Gasteiger partial charge is 0.151 e. The zero-order valence-electron chi connectivity index (χ0n) is 8.66. The first kappa shape index (κ1) is 11.0. The number of hydrogen-bond acceptors (Lipinski definition) is 4. The molecule has 3 nitrogen and oxygen atoms in total. The zero-order chi connectivity index (χ0) is 10.7. The van der Waals surface area contributed by atoms with Gasteiger partial charge in [-0.05, 0) is 37.7 Å². The van der Waals surface area contributed by atoms with Crippen LogP contribution in [0.4, 0.5) is 5.82 Å². The molecule has 1 N–H and O–H groups in total. The molecular weight excluding hydrogens is 230 g/mol. The molecule has 1 aliphatic heterocycles. The number of anilines is 1. The van der Waals surface area contributed by atoms with Crippen LogP contribution in [0.2, 0.25) is 5.15 Å². The molecule has 0 saturated carbocycles. The largest absolute Gasteiger partial charge is 0.367 e. The van der Waals surface area contributed by atoms with Crippen molar-refractivity contribution >= 4 is 29.2 Å². The van der Waals surface area contributed by atoms with Crippen molar-refractivity contribution in [2.24, 2.45) is 0 Å². The summed E-state index contributed by atoms with van der Waals surface area (Å²) in [5, 5.41) is 11.5. The number of rotatable bonds is 3. The number of thioether (sulfide) groups is 1. The fraction of sp³-hybridized carbons (Fsp3) is 0.600. The van der Waals surface area contributed by atoms with Gasteiger partial charge in [-0.2, -0.15) is 11.8 Å². The Morgan fingerprint density at radius 2 is 2.40 bits per heavy atom. The summed E-state index contributed by atoms with van der Waals surface area (Å²) in [5.74, 6) is 2.07. The fourth-order valence-corrected chi connectivity index (χ4v) is 3.01. The van der Waals surface area contributed by atoms with Crippen LogP contribution in [0.25, 0.3) is 0 Å². The van der Waals surface area contributed by atoms with E-state index in [0.717, 1.165) is 12.4 Å². The minimum atomic E-state index is 0.349. The highest BCUT2D eigenvalue weighted by Crippen LogP contribution is 2.37. The molecule has 1 aromatic heterocycles. The van der Waals surface area contributed by atoms with Gasteiger partial charge in [-0.3, -0.25) is 0 Å². The van der Waals surface area contributed by atoms with E-state index in [4.69, 9.17) is 11.6 Å². The zero-order valence-corrected chi connectivity index (χ0v) is 10.2. The molecule has 5 heteroatoms. The molecule has 1 saturated heterocycles. The molecule has 15 heavy (non-hydrogen) atoms. The quantitative estimate of drug-likeness (QED) is 0.886. The van der Waals surface area contributed by atoms with Crippen molar-refractivity contribution in [3.05, 3.63) is 17.3 Å². The molecule has 1 fully saturated rings. The van der Waals surface area contributed by atoms with Gasteiger partial charge in [0.2, 0.25) is 0 Å². The molecule has 0 aliphatic carbocycles. The van der Waals surface area contributed by atoms with Gasteiger partial charge in [0.15, 0.2) is 5.15 Å². The van der Waals surface area contributed by atoms with Gasteiger partial charge in [0.1, 0.15) is 5.82 Å². The molecule has 0 amide bonds. The first-order valence-corrected chi connectivity index (χ1v) is 6.41. The molecule has 2 rings (SSSR count). The van der Waals surface area contributed by atoms with Crippen LogP contribution in [0.15, 0.2) is 12.1 Å². The molecule has 0 spiro atoms. The third-order valence-corrected chi connectivity index (χ3v) is 4.32. The molecule has 0 aromatic carbocycles. The Hall–Kier alpha value is -0.480. The van der Waals surface area contributed by atoms with Crippen LogP contribution in [0.5, 0.6) is 0 Å². The number of nitrogens with zero attached hydrogens (tertiary/aromatic N) is 2. The normalized spacial score (nSPS) is 25.5. The second kappa shape index (κ2) is 4.58. The summed E-state index contributed by atoms with van der Waals surface area (Å²) in [6.45, 7) is 3.23. The van der Waals surface area contributed by atoms with Crippen LogP contribution in [0.3, 0.4) is 0 Å².